The Kier molecular flexibility index (Phi) is 5.03. The zero-order valence-corrected chi connectivity index (χ0v) is 14.5. The maximum Gasteiger partial charge on any atom is 0.262 e. The summed E-state index contributed by atoms with van der Waals surface area (Å²) in [5.74, 6) is 0.614. The molecule has 2 aromatic rings. The van der Waals surface area contributed by atoms with Crippen molar-refractivity contribution >= 4 is 23.2 Å². The highest BCUT2D eigenvalue weighted by molar-refractivity contribution is 5.96. The Hall–Kier alpha value is -2.82. The minimum Gasteiger partial charge on any atom is -0.484 e. The standard InChI is InChI=1S/C20H22N2O3/c1-14-5-10-18(12-15(14)2)25-13-19(23)21-16-6-8-17(9-7-16)22-11-3-4-20(22)24/h5-10,12H,3-4,11,13H2,1-2H3,(H,21,23). The molecule has 1 saturated heterocycles. The summed E-state index contributed by atoms with van der Waals surface area (Å²) in [5.41, 5.74) is 3.87. The van der Waals surface area contributed by atoms with Crippen molar-refractivity contribution in [1.29, 1.82) is 0 Å². The number of nitrogens with one attached hydrogen (secondary N) is 1. The van der Waals surface area contributed by atoms with Gasteiger partial charge in [-0.2, -0.15) is 0 Å². The molecule has 0 unspecified atom stereocenters. The summed E-state index contributed by atoms with van der Waals surface area (Å²) in [6, 6.07) is 13.1. The minimum atomic E-state index is -0.219. The fourth-order valence-electron chi connectivity index (χ4n) is 2.80. The van der Waals surface area contributed by atoms with Crippen LogP contribution in [0.25, 0.3) is 0 Å². The van der Waals surface area contributed by atoms with E-state index in [0.29, 0.717) is 17.9 Å². The second kappa shape index (κ2) is 7.38. The summed E-state index contributed by atoms with van der Waals surface area (Å²) in [5, 5.41) is 2.80. The molecule has 1 fully saturated rings. The van der Waals surface area contributed by atoms with Crippen molar-refractivity contribution in [3.05, 3.63) is 53.6 Å². The average molecular weight is 338 g/mol. The molecule has 5 nitrogen and oxygen atoms in total. The molecule has 3 rings (SSSR count). The Morgan fingerprint density at radius 1 is 1.12 bits per heavy atom. The van der Waals surface area contributed by atoms with Gasteiger partial charge in [-0.25, -0.2) is 0 Å². The van der Waals surface area contributed by atoms with E-state index in [1.807, 2.05) is 44.2 Å². The summed E-state index contributed by atoms with van der Waals surface area (Å²) in [7, 11) is 0. The van der Waals surface area contributed by atoms with Crippen LogP contribution in [0.4, 0.5) is 11.4 Å². The molecule has 25 heavy (non-hydrogen) atoms. The number of carbonyl (C=O) groups excluding carboxylic acids is 2. The first-order valence-corrected chi connectivity index (χ1v) is 8.43. The van der Waals surface area contributed by atoms with Crippen LogP contribution in [0.3, 0.4) is 0 Å². The lowest BCUT2D eigenvalue weighted by Gasteiger charge is -2.16. The van der Waals surface area contributed by atoms with Gasteiger partial charge in [0.25, 0.3) is 5.91 Å². The first kappa shape index (κ1) is 17.0. The third-order valence-electron chi connectivity index (χ3n) is 4.38. The summed E-state index contributed by atoms with van der Waals surface area (Å²) in [6.07, 6.45) is 1.50. The van der Waals surface area contributed by atoms with Crippen LogP contribution in [0.1, 0.15) is 24.0 Å². The number of hydrogen-bond acceptors (Lipinski definition) is 3. The zero-order chi connectivity index (χ0) is 17.8. The Labute approximate surface area is 147 Å². The molecule has 1 N–H and O–H groups in total. The number of aryl methyl sites for hydroxylation is 2. The Balaban J connectivity index is 1.54. The predicted octanol–water partition coefficient (Wildman–Crippen LogP) is 3.45. The van der Waals surface area contributed by atoms with Crippen LogP contribution in [0, 0.1) is 13.8 Å². The number of hydrogen-bond donors (Lipinski definition) is 1. The van der Waals surface area contributed by atoms with Gasteiger partial charge >= 0.3 is 0 Å². The van der Waals surface area contributed by atoms with E-state index in [1.54, 1.807) is 17.0 Å². The molecule has 2 amide bonds. The second-order valence-electron chi connectivity index (χ2n) is 6.28. The molecule has 0 atom stereocenters. The van der Waals surface area contributed by atoms with Crippen molar-refractivity contribution in [3.63, 3.8) is 0 Å². The molecule has 1 heterocycles. The molecule has 0 radical (unpaired) electrons. The van der Waals surface area contributed by atoms with E-state index in [0.717, 1.165) is 24.2 Å². The number of carbonyl (C=O) groups is 2. The maximum atomic E-state index is 12.0. The largest absolute Gasteiger partial charge is 0.484 e. The van der Waals surface area contributed by atoms with Crippen molar-refractivity contribution in [1.82, 2.24) is 0 Å². The molecule has 5 heteroatoms. The van der Waals surface area contributed by atoms with E-state index in [4.69, 9.17) is 4.74 Å². The Bertz CT molecular complexity index is 784. The van der Waals surface area contributed by atoms with Gasteiger partial charge in [-0.05, 0) is 67.8 Å². The summed E-state index contributed by atoms with van der Waals surface area (Å²) < 4.78 is 5.53. The molecule has 1 aliphatic heterocycles. The van der Waals surface area contributed by atoms with Crippen LogP contribution >= 0.6 is 0 Å². The molecular weight excluding hydrogens is 316 g/mol. The highest BCUT2D eigenvalue weighted by atomic mass is 16.5. The van der Waals surface area contributed by atoms with Gasteiger partial charge in [-0.3, -0.25) is 9.59 Å². The topological polar surface area (TPSA) is 58.6 Å². The summed E-state index contributed by atoms with van der Waals surface area (Å²) in [6.45, 7) is 4.75. The Morgan fingerprint density at radius 2 is 1.88 bits per heavy atom. The highest BCUT2D eigenvalue weighted by Gasteiger charge is 2.21. The molecular formula is C20H22N2O3. The third-order valence-corrected chi connectivity index (χ3v) is 4.38. The van der Waals surface area contributed by atoms with Crippen LogP contribution in [-0.2, 0) is 9.59 Å². The first-order chi connectivity index (χ1) is 12.0. The van der Waals surface area contributed by atoms with Crippen molar-refractivity contribution in [2.45, 2.75) is 26.7 Å². The van der Waals surface area contributed by atoms with Gasteiger partial charge in [0.1, 0.15) is 5.75 Å². The van der Waals surface area contributed by atoms with E-state index in [1.165, 1.54) is 5.56 Å². The Morgan fingerprint density at radius 3 is 2.52 bits per heavy atom. The van der Waals surface area contributed by atoms with E-state index in [9.17, 15) is 9.59 Å². The molecule has 0 spiro atoms. The lowest BCUT2D eigenvalue weighted by atomic mass is 10.1. The van der Waals surface area contributed by atoms with Crippen LogP contribution in [0.2, 0.25) is 0 Å². The average Bonchev–Trinajstić information content (AvgIpc) is 3.03. The first-order valence-electron chi connectivity index (χ1n) is 8.43. The lowest BCUT2D eigenvalue weighted by Crippen LogP contribution is -2.23. The zero-order valence-electron chi connectivity index (χ0n) is 14.5. The van der Waals surface area contributed by atoms with Gasteiger partial charge in [0.15, 0.2) is 6.61 Å². The normalized spacial score (nSPS) is 13.8. The quantitative estimate of drug-likeness (QED) is 0.908. The highest BCUT2D eigenvalue weighted by Crippen LogP contribution is 2.23. The number of rotatable bonds is 5. The number of benzene rings is 2. The monoisotopic (exact) mass is 338 g/mol. The van der Waals surface area contributed by atoms with Gasteiger partial charge < -0.3 is 15.0 Å². The smallest absolute Gasteiger partial charge is 0.262 e. The van der Waals surface area contributed by atoms with Gasteiger partial charge in [-0.1, -0.05) is 6.07 Å². The fraction of sp³-hybridized carbons (Fsp3) is 0.300. The van der Waals surface area contributed by atoms with Gasteiger partial charge in [-0.15, -0.1) is 0 Å². The van der Waals surface area contributed by atoms with Gasteiger partial charge in [0, 0.05) is 24.3 Å². The molecule has 0 aliphatic carbocycles. The molecule has 130 valence electrons. The number of anilines is 2. The molecule has 0 saturated carbocycles. The third kappa shape index (κ3) is 4.18. The van der Waals surface area contributed by atoms with Crippen molar-refractivity contribution in [3.8, 4) is 5.75 Å². The fourth-order valence-corrected chi connectivity index (χ4v) is 2.80. The molecule has 0 bridgehead atoms. The van der Waals surface area contributed by atoms with Crippen molar-refractivity contribution in [2.24, 2.45) is 0 Å². The molecule has 0 aromatic heterocycles. The van der Waals surface area contributed by atoms with Gasteiger partial charge in [0.2, 0.25) is 5.91 Å². The van der Waals surface area contributed by atoms with Crippen LogP contribution in [0.15, 0.2) is 42.5 Å². The predicted molar refractivity (Wildman–Crippen MR) is 98.1 cm³/mol. The van der Waals surface area contributed by atoms with Crippen LogP contribution in [-0.4, -0.2) is 25.0 Å². The SMILES string of the molecule is Cc1ccc(OCC(=O)Nc2ccc(N3CCCC3=O)cc2)cc1C. The maximum absolute atomic E-state index is 12.0. The van der Waals surface area contributed by atoms with Crippen molar-refractivity contribution in [2.75, 3.05) is 23.4 Å². The van der Waals surface area contributed by atoms with E-state index >= 15 is 0 Å². The second-order valence-corrected chi connectivity index (χ2v) is 6.28. The van der Waals surface area contributed by atoms with E-state index < -0.39 is 0 Å². The molecule has 2 aromatic carbocycles. The van der Waals surface area contributed by atoms with Crippen LogP contribution < -0.4 is 15.0 Å². The number of ether oxygens (including phenoxy) is 1. The summed E-state index contributed by atoms with van der Waals surface area (Å²) in [4.78, 5) is 25.5. The van der Waals surface area contributed by atoms with Gasteiger partial charge in [0.05, 0.1) is 0 Å². The van der Waals surface area contributed by atoms with Crippen molar-refractivity contribution < 1.29 is 14.3 Å². The number of amides is 2. The minimum absolute atomic E-state index is 0.0468. The van der Waals surface area contributed by atoms with E-state index in [-0.39, 0.29) is 18.4 Å². The molecule has 1 aliphatic rings. The van der Waals surface area contributed by atoms with E-state index in [2.05, 4.69) is 5.32 Å². The lowest BCUT2D eigenvalue weighted by molar-refractivity contribution is -0.118. The summed E-state index contributed by atoms with van der Waals surface area (Å²) >= 11 is 0. The number of nitrogens with zero attached hydrogens (tertiary/aromatic N) is 1. The van der Waals surface area contributed by atoms with Crippen LogP contribution in [0.5, 0.6) is 5.75 Å².